The van der Waals surface area contributed by atoms with Crippen LogP contribution in [0.25, 0.3) is 98.0 Å². The maximum atomic E-state index is 5.31. The van der Waals surface area contributed by atoms with Gasteiger partial charge in [0, 0.05) is 42.3 Å². The third-order valence-electron chi connectivity index (χ3n) is 14.6. The lowest BCUT2D eigenvalue weighted by atomic mass is 9.55. The fourth-order valence-corrected chi connectivity index (χ4v) is 13.1. The van der Waals surface area contributed by atoms with Crippen LogP contribution in [0.15, 0.2) is 194 Å². The summed E-state index contributed by atoms with van der Waals surface area (Å²) in [5.74, 6) is 0. The highest BCUT2D eigenvalue weighted by Crippen LogP contribution is 2.62. The van der Waals surface area contributed by atoms with Gasteiger partial charge in [0.25, 0.3) is 0 Å². The third-order valence-corrected chi connectivity index (χ3v) is 15.9. The van der Waals surface area contributed by atoms with Gasteiger partial charge in [-0.2, -0.15) is 0 Å². The Bertz CT molecular complexity index is 3720. The molecule has 2 heterocycles. The lowest BCUT2D eigenvalue weighted by Crippen LogP contribution is -2.40. The standard InChI is InChI=1S/C60H38N2S/c1-59(2)50-26-10-11-27-51(50)60(48-24-8-5-17-38(48)39-18-6-9-25-49(39)60)52-32-29-35(33-53(52)59)47-34-54(46-23-14-22-45-40-19-7-12-28-55(40)63-58(45)46)61-62-57(47)44-31-30-43-37-16-4-3-15-36(37)41-20-13-21-42(44)56(41)43/h3-34H,1-2H3. The van der Waals surface area contributed by atoms with Crippen molar-refractivity contribution in [3.05, 3.63) is 228 Å². The van der Waals surface area contributed by atoms with Gasteiger partial charge in [0.05, 0.1) is 11.1 Å². The predicted octanol–water partition coefficient (Wildman–Crippen LogP) is 15.6. The van der Waals surface area contributed by atoms with Gasteiger partial charge < -0.3 is 0 Å². The Kier molecular flexibility index (Phi) is 7.01. The smallest absolute Gasteiger partial charge is 0.101 e. The second kappa shape index (κ2) is 12.6. The number of thiophene rings is 1. The van der Waals surface area contributed by atoms with Crippen LogP contribution in [0, 0.1) is 0 Å². The van der Waals surface area contributed by atoms with E-state index >= 15 is 0 Å². The highest BCUT2D eigenvalue weighted by atomic mass is 32.1. The molecule has 0 amide bonds. The molecule has 2 aromatic heterocycles. The molecule has 0 aliphatic heterocycles. The van der Waals surface area contributed by atoms with Crippen molar-refractivity contribution in [3.63, 3.8) is 0 Å². The van der Waals surface area contributed by atoms with Crippen molar-refractivity contribution in [2.24, 2.45) is 0 Å². The summed E-state index contributed by atoms with van der Waals surface area (Å²) in [6.45, 7) is 4.82. The molecule has 3 aliphatic rings. The van der Waals surface area contributed by atoms with Crippen molar-refractivity contribution in [3.8, 4) is 67.0 Å². The number of aromatic nitrogens is 2. The predicted molar refractivity (Wildman–Crippen MR) is 263 cm³/mol. The molecule has 3 aliphatic carbocycles. The third kappa shape index (κ3) is 4.52. The number of benzene rings is 9. The Labute approximate surface area is 369 Å². The molecule has 14 rings (SSSR count). The minimum absolute atomic E-state index is 0.292. The molecule has 3 heteroatoms. The fourth-order valence-electron chi connectivity index (χ4n) is 11.9. The van der Waals surface area contributed by atoms with Gasteiger partial charge >= 0.3 is 0 Å². The van der Waals surface area contributed by atoms with Crippen LogP contribution < -0.4 is 0 Å². The summed E-state index contributed by atoms with van der Waals surface area (Å²) < 4.78 is 2.51. The van der Waals surface area contributed by atoms with E-state index in [1.54, 1.807) is 0 Å². The molecular formula is C60H38N2S. The second-order valence-electron chi connectivity index (χ2n) is 18.0. The van der Waals surface area contributed by atoms with Crippen molar-refractivity contribution < 1.29 is 0 Å². The first-order valence-corrected chi connectivity index (χ1v) is 22.7. The Balaban J connectivity index is 1.06. The summed E-state index contributed by atoms with van der Waals surface area (Å²) in [6.07, 6.45) is 0. The van der Waals surface area contributed by atoms with E-state index < -0.39 is 5.41 Å². The summed E-state index contributed by atoms with van der Waals surface area (Å²) in [6, 6.07) is 72.4. The summed E-state index contributed by atoms with van der Waals surface area (Å²) in [5.41, 5.74) is 21.3. The fraction of sp³-hybridized carbons (Fsp3) is 0.0667. The van der Waals surface area contributed by atoms with E-state index in [2.05, 4.69) is 208 Å². The van der Waals surface area contributed by atoms with Crippen LogP contribution in [0.1, 0.15) is 47.2 Å². The number of fused-ring (bicyclic) bond motifs is 15. The van der Waals surface area contributed by atoms with Crippen molar-refractivity contribution >= 4 is 42.3 Å². The number of hydrogen-bond acceptors (Lipinski definition) is 3. The first-order valence-electron chi connectivity index (χ1n) is 21.9. The summed E-state index contributed by atoms with van der Waals surface area (Å²) in [5, 5.41) is 15.5. The van der Waals surface area contributed by atoms with Gasteiger partial charge in [0.15, 0.2) is 0 Å². The van der Waals surface area contributed by atoms with E-state index in [0.717, 1.165) is 33.6 Å². The van der Waals surface area contributed by atoms with E-state index in [0.29, 0.717) is 0 Å². The molecule has 0 saturated carbocycles. The largest absolute Gasteiger partial charge is 0.150 e. The average Bonchev–Trinajstić information content (AvgIpc) is 3.98. The van der Waals surface area contributed by atoms with Gasteiger partial charge in [0.1, 0.15) is 5.69 Å². The molecule has 11 aromatic rings. The van der Waals surface area contributed by atoms with E-state index in [4.69, 9.17) is 10.2 Å². The molecule has 1 spiro atoms. The molecule has 63 heavy (non-hydrogen) atoms. The Morgan fingerprint density at radius 1 is 0.365 bits per heavy atom. The topological polar surface area (TPSA) is 25.8 Å². The molecule has 2 nitrogen and oxygen atoms in total. The van der Waals surface area contributed by atoms with Crippen LogP contribution in [0.3, 0.4) is 0 Å². The number of rotatable bonds is 3. The van der Waals surface area contributed by atoms with Gasteiger partial charge in [-0.15, -0.1) is 21.5 Å². The SMILES string of the molecule is CC1(C)c2ccccc2C2(c3ccccc3-c3ccccc32)c2ccc(-c3cc(-c4cccc5c4sc4ccccc45)nnc3-c3ccc4c5c(cccc35)-c3ccccc3-4)cc21. The molecule has 0 radical (unpaired) electrons. The molecular weight excluding hydrogens is 781 g/mol. The molecule has 0 saturated heterocycles. The molecule has 0 N–H and O–H groups in total. The van der Waals surface area contributed by atoms with Gasteiger partial charge in [-0.25, -0.2) is 0 Å². The van der Waals surface area contributed by atoms with Crippen molar-refractivity contribution in [1.29, 1.82) is 0 Å². The van der Waals surface area contributed by atoms with Crippen LogP contribution in [0.4, 0.5) is 0 Å². The molecule has 0 fully saturated rings. The van der Waals surface area contributed by atoms with Crippen LogP contribution in [-0.2, 0) is 10.8 Å². The van der Waals surface area contributed by atoms with E-state index in [9.17, 15) is 0 Å². The summed E-state index contributed by atoms with van der Waals surface area (Å²) >= 11 is 1.83. The highest BCUT2D eigenvalue weighted by molar-refractivity contribution is 7.26. The minimum Gasteiger partial charge on any atom is -0.150 e. The van der Waals surface area contributed by atoms with Crippen molar-refractivity contribution in [2.75, 3.05) is 0 Å². The lowest BCUT2D eigenvalue weighted by molar-refractivity contribution is 0.563. The average molecular weight is 819 g/mol. The van der Waals surface area contributed by atoms with Crippen LogP contribution in [0.5, 0.6) is 0 Å². The zero-order valence-corrected chi connectivity index (χ0v) is 35.6. The maximum Gasteiger partial charge on any atom is 0.101 e. The zero-order chi connectivity index (χ0) is 41.6. The normalized spacial score (nSPS) is 14.4. The first kappa shape index (κ1) is 35.2. The minimum atomic E-state index is -0.457. The van der Waals surface area contributed by atoms with Gasteiger partial charge in [0.2, 0.25) is 0 Å². The lowest BCUT2D eigenvalue weighted by Gasteiger charge is -2.46. The van der Waals surface area contributed by atoms with E-state index in [1.807, 2.05) is 11.3 Å². The maximum absolute atomic E-state index is 5.31. The first-order chi connectivity index (χ1) is 31.0. The van der Waals surface area contributed by atoms with E-state index in [1.165, 1.54) is 97.7 Å². The second-order valence-corrected chi connectivity index (χ2v) is 19.0. The van der Waals surface area contributed by atoms with Gasteiger partial charge in [-0.1, -0.05) is 190 Å². The quantitative estimate of drug-likeness (QED) is 0.177. The summed E-state index contributed by atoms with van der Waals surface area (Å²) in [7, 11) is 0. The van der Waals surface area contributed by atoms with Crippen LogP contribution in [0.2, 0.25) is 0 Å². The Morgan fingerprint density at radius 3 is 1.68 bits per heavy atom. The van der Waals surface area contributed by atoms with Gasteiger partial charge in [-0.3, -0.25) is 0 Å². The van der Waals surface area contributed by atoms with Crippen molar-refractivity contribution in [1.82, 2.24) is 10.2 Å². The zero-order valence-electron chi connectivity index (χ0n) is 34.8. The highest BCUT2D eigenvalue weighted by Gasteiger charge is 2.53. The Hall–Kier alpha value is -7.46. The van der Waals surface area contributed by atoms with Gasteiger partial charge in [-0.05, 0) is 101 Å². The van der Waals surface area contributed by atoms with Crippen LogP contribution >= 0.6 is 11.3 Å². The molecule has 294 valence electrons. The molecule has 0 bridgehead atoms. The molecule has 9 aromatic carbocycles. The Morgan fingerprint density at radius 2 is 0.921 bits per heavy atom. The molecule has 0 atom stereocenters. The van der Waals surface area contributed by atoms with Crippen LogP contribution in [-0.4, -0.2) is 10.2 Å². The summed E-state index contributed by atoms with van der Waals surface area (Å²) in [4.78, 5) is 0. The number of nitrogens with zero attached hydrogens (tertiary/aromatic N) is 2. The monoisotopic (exact) mass is 818 g/mol. The number of hydrogen-bond donors (Lipinski definition) is 0. The van der Waals surface area contributed by atoms with E-state index in [-0.39, 0.29) is 5.41 Å². The van der Waals surface area contributed by atoms with Crippen molar-refractivity contribution in [2.45, 2.75) is 24.7 Å². The molecule has 0 unspecified atom stereocenters.